The number of alkyl halides is 1. The number of aromatic amines is 1. The molecule has 134 valence electrons. The van der Waals surface area contributed by atoms with E-state index in [1.54, 1.807) is 0 Å². The van der Waals surface area contributed by atoms with Crippen LogP contribution in [0.3, 0.4) is 0 Å². The molecular formula is C20H18Cl3N3. The normalized spacial score (nSPS) is 17.5. The summed E-state index contributed by atoms with van der Waals surface area (Å²) in [5.74, 6) is 0. The number of fused-ring (bicyclic) bond motifs is 3. The highest BCUT2D eigenvalue weighted by molar-refractivity contribution is 6.38. The maximum absolute atomic E-state index is 6.38. The fourth-order valence-electron chi connectivity index (χ4n) is 3.38. The lowest BCUT2D eigenvalue weighted by atomic mass is 9.94. The lowest BCUT2D eigenvalue weighted by molar-refractivity contribution is 1.02. The first-order valence-electron chi connectivity index (χ1n) is 8.46. The number of H-pyrrole nitrogens is 1. The largest absolute Gasteiger partial charge is 0.383 e. The van der Waals surface area contributed by atoms with Gasteiger partial charge in [-0.2, -0.15) is 0 Å². The molecule has 0 amide bonds. The number of anilines is 1. The van der Waals surface area contributed by atoms with E-state index in [2.05, 4.69) is 22.4 Å². The van der Waals surface area contributed by atoms with E-state index in [4.69, 9.17) is 40.5 Å². The Hall–Kier alpha value is -1.65. The summed E-state index contributed by atoms with van der Waals surface area (Å²) >= 11 is 18.7. The molecule has 26 heavy (non-hydrogen) atoms. The van der Waals surface area contributed by atoms with Crippen molar-refractivity contribution in [3.63, 3.8) is 0 Å². The summed E-state index contributed by atoms with van der Waals surface area (Å²) in [6, 6.07) is 10.2. The molecule has 0 saturated carbocycles. The molecule has 2 aromatic carbocycles. The third-order valence-electron chi connectivity index (χ3n) is 4.65. The fraction of sp³-hybridized carbons (Fsp3) is 0.200. The first-order chi connectivity index (χ1) is 12.6. The molecule has 4 N–H and O–H groups in total. The van der Waals surface area contributed by atoms with Gasteiger partial charge in [0.2, 0.25) is 0 Å². The van der Waals surface area contributed by atoms with E-state index in [0.717, 1.165) is 43.7 Å². The molecule has 4 rings (SSSR count). The minimum atomic E-state index is -0.202. The van der Waals surface area contributed by atoms with Gasteiger partial charge in [0.15, 0.2) is 0 Å². The number of hydrogen-bond donors (Lipinski definition) is 3. The van der Waals surface area contributed by atoms with Crippen molar-refractivity contribution in [3.8, 4) is 0 Å². The van der Waals surface area contributed by atoms with Crippen LogP contribution in [-0.4, -0.2) is 23.5 Å². The Kier molecular flexibility index (Phi) is 4.89. The summed E-state index contributed by atoms with van der Waals surface area (Å²) in [4.78, 5) is 3.46. The second-order valence-corrected chi connectivity index (χ2v) is 7.79. The summed E-state index contributed by atoms with van der Waals surface area (Å²) in [5.41, 5.74) is 11.1. The van der Waals surface area contributed by atoms with Crippen LogP contribution in [-0.2, 0) is 0 Å². The predicted octanol–water partition coefficient (Wildman–Crippen LogP) is 5.86. The number of rotatable bonds is 4. The molecule has 0 aliphatic heterocycles. The smallest absolute Gasteiger partial charge is 0.0732 e. The molecule has 1 atom stereocenters. The zero-order valence-electron chi connectivity index (χ0n) is 14.0. The maximum atomic E-state index is 6.38. The van der Waals surface area contributed by atoms with Crippen molar-refractivity contribution in [2.24, 2.45) is 5.73 Å². The second-order valence-electron chi connectivity index (χ2n) is 6.39. The van der Waals surface area contributed by atoms with Gasteiger partial charge in [0, 0.05) is 56.2 Å². The molecule has 0 radical (unpaired) electrons. The van der Waals surface area contributed by atoms with E-state index in [9.17, 15) is 0 Å². The Balaban J connectivity index is 1.93. The number of nitrogens with one attached hydrogen (secondary N) is 2. The number of nitrogens with two attached hydrogens (primary N) is 1. The second kappa shape index (κ2) is 7.16. The molecule has 0 saturated heterocycles. The number of allylic oxidation sites excluding steroid dienone is 4. The first-order valence-corrected chi connectivity index (χ1v) is 9.65. The van der Waals surface area contributed by atoms with Crippen LogP contribution in [0.15, 0.2) is 47.5 Å². The SMILES string of the molecule is NCCNc1cc2[nH]c3ccc(Cl)cc3c2cc1C1=CC=C(Cl)C(Cl)C1. The molecule has 1 aliphatic carbocycles. The monoisotopic (exact) mass is 405 g/mol. The summed E-state index contributed by atoms with van der Waals surface area (Å²) < 4.78 is 0. The van der Waals surface area contributed by atoms with Crippen LogP contribution in [0.2, 0.25) is 5.02 Å². The Morgan fingerprint density at radius 3 is 2.65 bits per heavy atom. The molecule has 0 fully saturated rings. The highest BCUT2D eigenvalue weighted by Crippen LogP contribution is 2.39. The van der Waals surface area contributed by atoms with Crippen LogP contribution < -0.4 is 11.1 Å². The van der Waals surface area contributed by atoms with Crippen LogP contribution >= 0.6 is 34.8 Å². The summed E-state index contributed by atoms with van der Waals surface area (Å²) in [7, 11) is 0. The molecular weight excluding hydrogens is 389 g/mol. The lowest BCUT2D eigenvalue weighted by Gasteiger charge is -2.20. The molecule has 3 nitrogen and oxygen atoms in total. The van der Waals surface area contributed by atoms with Crippen LogP contribution in [0.5, 0.6) is 0 Å². The van der Waals surface area contributed by atoms with E-state index in [0.29, 0.717) is 24.5 Å². The fourth-order valence-corrected chi connectivity index (χ4v) is 3.93. The quantitative estimate of drug-likeness (QED) is 0.475. The summed E-state index contributed by atoms with van der Waals surface area (Å²) in [6.07, 6.45) is 4.60. The molecule has 1 heterocycles. The van der Waals surface area contributed by atoms with Gasteiger partial charge in [-0.25, -0.2) is 0 Å². The summed E-state index contributed by atoms with van der Waals surface area (Å²) in [5, 5.41) is 6.85. The van der Waals surface area contributed by atoms with Gasteiger partial charge in [-0.1, -0.05) is 29.3 Å². The van der Waals surface area contributed by atoms with Gasteiger partial charge in [0.25, 0.3) is 0 Å². The van der Waals surface area contributed by atoms with Gasteiger partial charge < -0.3 is 16.0 Å². The highest BCUT2D eigenvalue weighted by Gasteiger charge is 2.20. The van der Waals surface area contributed by atoms with Gasteiger partial charge >= 0.3 is 0 Å². The van der Waals surface area contributed by atoms with Crippen molar-refractivity contribution in [1.29, 1.82) is 0 Å². The Labute approximate surface area is 166 Å². The highest BCUT2D eigenvalue weighted by atomic mass is 35.5. The third kappa shape index (κ3) is 3.21. The number of halogens is 3. The Morgan fingerprint density at radius 1 is 1.08 bits per heavy atom. The van der Waals surface area contributed by atoms with E-state index in [1.807, 2.05) is 30.4 Å². The van der Waals surface area contributed by atoms with Crippen molar-refractivity contribution in [2.75, 3.05) is 18.4 Å². The van der Waals surface area contributed by atoms with Gasteiger partial charge in [-0.3, -0.25) is 0 Å². The van der Waals surface area contributed by atoms with Crippen LogP contribution in [0.1, 0.15) is 12.0 Å². The Bertz CT molecular complexity index is 1050. The maximum Gasteiger partial charge on any atom is 0.0732 e. The van der Waals surface area contributed by atoms with Crippen molar-refractivity contribution in [1.82, 2.24) is 4.98 Å². The lowest BCUT2D eigenvalue weighted by Crippen LogP contribution is -2.14. The standard InChI is InChI=1S/C20H18Cl3N3/c21-12-2-4-18-14(8-12)15-9-13(11-1-3-16(22)17(23)7-11)19(25-6-5-24)10-20(15)26-18/h1-4,8-10,17,25-26H,5-7,24H2. The zero-order chi connectivity index (χ0) is 18.3. The van der Waals surface area contributed by atoms with Gasteiger partial charge in [-0.05, 0) is 48.4 Å². The summed E-state index contributed by atoms with van der Waals surface area (Å²) in [6.45, 7) is 1.25. The van der Waals surface area contributed by atoms with Crippen LogP contribution in [0, 0.1) is 0 Å². The number of hydrogen-bond acceptors (Lipinski definition) is 2. The number of benzene rings is 2. The molecule has 1 unspecified atom stereocenters. The Morgan fingerprint density at radius 2 is 1.88 bits per heavy atom. The van der Waals surface area contributed by atoms with E-state index < -0.39 is 0 Å². The van der Waals surface area contributed by atoms with Gasteiger partial charge in [0.1, 0.15) is 0 Å². The molecule has 0 bridgehead atoms. The topological polar surface area (TPSA) is 53.8 Å². The molecule has 6 heteroatoms. The van der Waals surface area contributed by atoms with Crippen molar-refractivity contribution in [3.05, 3.63) is 58.1 Å². The first kappa shape index (κ1) is 17.7. The predicted molar refractivity (Wildman–Crippen MR) is 115 cm³/mol. The van der Waals surface area contributed by atoms with Crippen molar-refractivity contribution >= 4 is 67.9 Å². The van der Waals surface area contributed by atoms with E-state index in [-0.39, 0.29) is 5.38 Å². The molecule has 1 aromatic heterocycles. The van der Waals surface area contributed by atoms with Gasteiger partial charge in [0.05, 0.1) is 5.38 Å². The average molecular weight is 407 g/mol. The minimum absolute atomic E-state index is 0.202. The van der Waals surface area contributed by atoms with E-state index >= 15 is 0 Å². The van der Waals surface area contributed by atoms with Crippen molar-refractivity contribution in [2.45, 2.75) is 11.8 Å². The van der Waals surface area contributed by atoms with Crippen LogP contribution in [0.25, 0.3) is 27.4 Å². The number of aromatic nitrogens is 1. The zero-order valence-corrected chi connectivity index (χ0v) is 16.2. The van der Waals surface area contributed by atoms with Crippen LogP contribution in [0.4, 0.5) is 5.69 Å². The van der Waals surface area contributed by atoms with Crippen molar-refractivity contribution < 1.29 is 0 Å². The average Bonchev–Trinajstić information content (AvgIpc) is 2.98. The van der Waals surface area contributed by atoms with E-state index in [1.165, 1.54) is 0 Å². The third-order valence-corrected chi connectivity index (χ3v) is 5.77. The molecule has 0 spiro atoms. The molecule has 3 aromatic rings. The minimum Gasteiger partial charge on any atom is -0.383 e. The molecule has 1 aliphatic rings. The van der Waals surface area contributed by atoms with Gasteiger partial charge in [-0.15, -0.1) is 11.6 Å².